The van der Waals surface area contributed by atoms with Crippen LogP contribution in [0.5, 0.6) is 0 Å². The molecule has 0 aliphatic carbocycles. The topological polar surface area (TPSA) is 110 Å². The molecule has 1 aliphatic heterocycles. The molecule has 1 atom stereocenters. The third-order valence-corrected chi connectivity index (χ3v) is 4.14. The van der Waals surface area contributed by atoms with Gasteiger partial charge in [0.2, 0.25) is 12.1 Å². The number of esters is 1. The molecule has 0 unspecified atom stereocenters. The van der Waals surface area contributed by atoms with Crippen molar-refractivity contribution in [2.45, 2.75) is 39.3 Å². The molecule has 8 nitrogen and oxygen atoms in total. The minimum atomic E-state index is -2.57. The minimum absolute atomic E-state index is 0.00786. The SMILES string of the molecule is CCOC(=O)C1=C(c2ccc(C)cc2)N(C(C)C)C(=O)[C@@]1(O)C[N+](=O)[O-]. The summed E-state index contributed by atoms with van der Waals surface area (Å²) < 4.78 is 5.00. The Hall–Kier alpha value is -2.74. The Morgan fingerprint density at radius 1 is 1.35 bits per heavy atom. The van der Waals surface area contributed by atoms with Gasteiger partial charge >= 0.3 is 5.97 Å². The molecule has 1 aromatic carbocycles. The van der Waals surface area contributed by atoms with Gasteiger partial charge in [0.25, 0.3) is 5.91 Å². The largest absolute Gasteiger partial charge is 0.462 e. The number of ether oxygens (including phenoxy) is 1. The van der Waals surface area contributed by atoms with Crippen LogP contribution in [0.4, 0.5) is 0 Å². The van der Waals surface area contributed by atoms with Crippen molar-refractivity contribution < 1.29 is 24.4 Å². The summed E-state index contributed by atoms with van der Waals surface area (Å²) in [4.78, 5) is 37.0. The zero-order valence-corrected chi connectivity index (χ0v) is 15.2. The molecule has 0 bridgehead atoms. The molecule has 1 heterocycles. The summed E-state index contributed by atoms with van der Waals surface area (Å²) in [5.74, 6) is -1.84. The normalized spacial score (nSPS) is 20.1. The molecule has 140 valence electrons. The average molecular weight is 362 g/mol. The van der Waals surface area contributed by atoms with Gasteiger partial charge in [-0.15, -0.1) is 0 Å². The van der Waals surface area contributed by atoms with Crippen LogP contribution in [0.2, 0.25) is 0 Å². The van der Waals surface area contributed by atoms with E-state index in [4.69, 9.17) is 4.74 Å². The molecule has 1 aromatic rings. The molecule has 0 radical (unpaired) electrons. The van der Waals surface area contributed by atoms with E-state index in [0.717, 1.165) is 5.56 Å². The second kappa shape index (κ2) is 7.25. The van der Waals surface area contributed by atoms with E-state index >= 15 is 0 Å². The maximum Gasteiger partial charge on any atom is 0.339 e. The lowest BCUT2D eigenvalue weighted by Crippen LogP contribution is -2.50. The Labute approximate surface area is 151 Å². The first-order valence-corrected chi connectivity index (χ1v) is 8.30. The van der Waals surface area contributed by atoms with Crippen molar-refractivity contribution in [1.29, 1.82) is 0 Å². The molecule has 26 heavy (non-hydrogen) atoms. The number of nitrogens with zero attached hydrogens (tertiary/aromatic N) is 2. The Bertz CT molecular complexity index is 768. The van der Waals surface area contributed by atoms with Gasteiger partial charge in [0, 0.05) is 11.0 Å². The summed E-state index contributed by atoms with van der Waals surface area (Å²) in [6.45, 7) is 5.76. The van der Waals surface area contributed by atoms with Crippen LogP contribution in [-0.4, -0.2) is 51.6 Å². The number of aryl methyl sites for hydroxylation is 1. The van der Waals surface area contributed by atoms with Crippen molar-refractivity contribution in [3.63, 3.8) is 0 Å². The third kappa shape index (κ3) is 3.32. The Morgan fingerprint density at radius 2 is 1.92 bits per heavy atom. The quantitative estimate of drug-likeness (QED) is 0.467. The number of carbonyl (C=O) groups is 2. The molecule has 0 aromatic heterocycles. The first kappa shape index (κ1) is 19.6. The van der Waals surface area contributed by atoms with Crippen LogP contribution in [-0.2, 0) is 14.3 Å². The smallest absolute Gasteiger partial charge is 0.339 e. The maximum atomic E-state index is 12.9. The van der Waals surface area contributed by atoms with Crippen LogP contribution < -0.4 is 0 Å². The lowest BCUT2D eigenvalue weighted by Gasteiger charge is -2.26. The van der Waals surface area contributed by atoms with Crippen molar-refractivity contribution in [3.05, 3.63) is 51.1 Å². The number of benzene rings is 1. The first-order valence-electron chi connectivity index (χ1n) is 8.30. The minimum Gasteiger partial charge on any atom is -0.462 e. The molecule has 0 spiro atoms. The summed E-state index contributed by atoms with van der Waals surface area (Å²) in [5.41, 5.74) is -1.35. The zero-order valence-electron chi connectivity index (χ0n) is 15.2. The van der Waals surface area contributed by atoms with Crippen LogP contribution in [0.25, 0.3) is 5.70 Å². The second-order valence-corrected chi connectivity index (χ2v) is 6.43. The van der Waals surface area contributed by atoms with Crippen LogP contribution in [0, 0.1) is 17.0 Å². The average Bonchev–Trinajstić information content (AvgIpc) is 2.76. The van der Waals surface area contributed by atoms with E-state index in [0.29, 0.717) is 5.56 Å². The molecule has 1 aliphatic rings. The highest BCUT2D eigenvalue weighted by Gasteiger charge is 2.59. The first-order chi connectivity index (χ1) is 12.1. The molecule has 1 amide bonds. The molecule has 0 saturated carbocycles. The van der Waals surface area contributed by atoms with Gasteiger partial charge in [0.05, 0.1) is 12.3 Å². The highest BCUT2D eigenvalue weighted by Crippen LogP contribution is 2.41. The fourth-order valence-corrected chi connectivity index (χ4v) is 3.01. The number of amides is 1. The molecule has 0 fully saturated rings. The van der Waals surface area contributed by atoms with Crippen molar-refractivity contribution in [2.75, 3.05) is 13.2 Å². The number of hydrogen-bond donors (Lipinski definition) is 1. The third-order valence-electron chi connectivity index (χ3n) is 4.14. The van der Waals surface area contributed by atoms with Gasteiger partial charge in [-0.05, 0) is 33.3 Å². The second-order valence-electron chi connectivity index (χ2n) is 6.43. The van der Waals surface area contributed by atoms with Gasteiger partial charge in [-0.3, -0.25) is 14.9 Å². The molecular weight excluding hydrogens is 340 g/mol. The lowest BCUT2D eigenvalue weighted by atomic mass is 9.93. The Morgan fingerprint density at radius 3 is 2.38 bits per heavy atom. The molecule has 0 saturated heterocycles. The van der Waals surface area contributed by atoms with E-state index in [1.807, 2.05) is 6.92 Å². The Balaban J connectivity index is 2.79. The van der Waals surface area contributed by atoms with Crippen molar-refractivity contribution in [1.82, 2.24) is 4.90 Å². The van der Waals surface area contributed by atoms with Crippen LogP contribution in [0.1, 0.15) is 31.9 Å². The summed E-state index contributed by atoms with van der Waals surface area (Å²) >= 11 is 0. The standard InChI is InChI=1S/C18H22N2O6/c1-5-26-16(21)14-15(13-8-6-12(4)7-9-13)20(11(2)3)17(22)18(14,23)10-19(24)25/h6-9,11,23H,5,10H2,1-4H3/t18-/m1/s1. The predicted molar refractivity (Wildman–Crippen MR) is 93.5 cm³/mol. The number of carbonyl (C=O) groups excluding carboxylic acids is 2. The molecule has 1 N–H and O–H groups in total. The lowest BCUT2D eigenvalue weighted by molar-refractivity contribution is -0.494. The van der Waals surface area contributed by atoms with E-state index in [2.05, 4.69) is 0 Å². The summed E-state index contributed by atoms with van der Waals surface area (Å²) in [7, 11) is 0. The van der Waals surface area contributed by atoms with Crippen LogP contribution in [0.15, 0.2) is 29.8 Å². The summed E-state index contributed by atoms with van der Waals surface area (Å²) in [6, 6.07) is 6.55. The van der Waals surface area contributed by atoms with Gasteiger partial charge in [0.1, 0.15) is 5.57 Å². The van der Waals surface area contributed by atoms with Gasteiger partial charge in [-0.2, -0.15) is 0 Å². The number of nitro groups is 1. The fraction of sp³-hybridized carbons (Fsp3) is 0.444. The van der Waals surface area contributed by atoms with Crippen molar-refractivity contribution in [2.24, 2.45) is 0 Å². The summed E-state index contributed by atoms with van der Waals surface area (Å²) in [5, 5.41) is 22.0. The van der Waals surface area contributed by atoms with Crippen molar-refractivity contribution >= 4 is 17.6 Å². The van der Waals surface area contributed by atoms with E-state index in [1.165, 1.54) is 4.90 Å². The van der Waals surface area contributed by atoms with Gasteiger partial charge in [-0.1, -0.05) is 29.8 Å². The summed E-state index contributed by atoms with van der Waals surface area (Å²) in [6.07, 6.45) is 0. The van der Waals surface area contributed by atoms with Crippen LogP contribution in [0.3, 0.4) is 0 Å². The monoisotopic (exact) mass is 362 g/mol. The zero-order chi connectivity index (χ0) is 19.6. The Kier molecular flexibility index (Phi) is 5.46. The number of hydrogen-bond acceptors (Lipinski definition) is 6. The number of aliphatic hydroxyl groups is 1. The molecule has 2 rings (SSSR count). The van der Waals surface area contributed by atoms with Gasteiger partial charge in [0.15, 0.2) is 0 Å². The van der Waals surface area contributed by atoms with Crippen molar-refractivity contribution in [3.8, 4) is 0 Å². The van der Waals surface area contributed by atoms with E-state index in [9.17, 15) is 24.8 Å². The number of rotatable bonds is 6. The van der Waals surface area contributed by atoms with Crippen LogP contribution >= 0.6 is 0 Å². The van der Waals surface area contributed by atoms with E-state index in [-0.39, 0.29) is 12.3 Å². The predicted octanol–water partition coefficient (Wildman–Crippen LogP) is 1.53. The van der Waals surface area contributed by atoms with Gasteiger partial charge < -0.3 is 14.7 Å². The fourth-order valence-electron chi connectivity index (χ4n) is 3.01. The molecular formula is C18H22N2O6. The van der Waals surface area contributed by atoms with E-state index in [1.54, 1.807) is 45.0 Å². The van der Waals surface area contributed by atoms with Gasteiger partial charge in [-0.25, -0.2) is 4.79 Å². The highest BCUT2D eigenvalue weighted by atomic mass is 16.6. The maximum absolute atomic E-state index is 12.9. The molecule has 8 heteroatoms. The highest BCUT2D eigenvalue weighted by molar-refractivity contribution is 6.15. The van der Waals surface area contributed by atoms with E-state index < -0.39 is 40.6 Å².